The van der Waals surface area contributed by atoms with Crippen molar-refractivity contribution >= 4 is 7.82 Å². The maximum absolute atomic E-state index is 11.1. The van der Waals surface area contributed by atoms with E-state index in [1.165, 1.54) is 0 Å². The van der Waals surface area contributed by atoms with Crippen LogP contribution >= 0.6 is 7.82 Å². The van der Waals surface area contributed by atoms with Gasteiger partial charge in [-0.25, -0.2) is 4.57 Å². The maximum Gasteiger partial charge on any atom is 0.472 e. The fourth-order valence-corrected chi connectivity index (χ4v) is 1.74. The van der Waals surface area contributed by atoms with Crippen molar-refractivity contribution in [2.24, 2.45) is 0 Å². The highest BCUT2D eigenvalue weighted by Gasteiger charge is 2.27. The normalized spacial score (nSPS) is 17.4. The summed E-state index contributed by atoms with van der Waals surface area (Å²) in [5, 5.41) is 0. The van der Waals surface area contributed by atoms with Gasteiger partial charge in [0.1, 0.15) is 0 Å². The summed E-state index contributed by atoms with van der Waals surface area (Å²) in [4.78, 5) is 9.09. The Labute approximate surface area is 73.5 Å². The molecule has 0 spiro atoms. The summed E-state index contributed by atoms with van der Waals surface area (Å²) in [5.41, 5.74) is -0.655. The highest BCUT2D eigenvalue weighted by atomic mass is 31.2. The summed E-state index contributed by atoms with van der Waals surface area (Å²) in [6, 6.07) is 0. The molecule has 0 saturated carbocycles. The van der Waals surface area contributed by atoms with Gasteiger partial charge >= 0.3 is 7.82 Å². The molecule has 0 radical (unpaired) electrons. The van der Waals surface area contributed by atoms with E-state index in [9.17, 15) is 4.57 Å². The van der Waals surface area contributed by atoms with Gasteiger partial charge in [0.2, 0.25) is 0 Å². The van der Waals surface area contributed by atoms with Crippen LogP contribution in [0.2, 0.25) is 0 Å². The van der Waals surface area contributed by atoms with E-state index in [-0.39, 0.29) is 6.61 Å². The van der Waals surface area contributed by atoms with E-state index in [1.54, 1.807) is 20.8 Å². The third-order valence-corrected chi connectivity index (χ3v) is 2.14. The predicted molar refractivity (Wildman–Crippen MR) is 46.9 cm³/mol. The van der Waals surface area contributed by atoms with Gasteiger partial charge in [0.25, 0.3) is 0 Å². The van der Waals surface area contributed by atoms with Crippen molar-refractivity contribution in [1.82, 2.24) is 0 Å². The molecule has 1 unspecified atom stereocenters. The quantitative estimate of drug-likeness (QED) is 0.701. The van der Waals surface area contributed by atoms with Gasteiger partial charge < -0.3 is 4.89 Å². The van der Waals surface area contributed by atoms with Crippen molar-refractivity contribution in [3.05, 3.63) is 0 Å². The van der Waals surface area contributed by atoms with Gasteiger partial charge in [0.05, 0.1) is 12.2 Å². The number of hydrogen-bond donors (Lipinski definition) is 1. The molecule has 1 N–H and O–H groups in total. The minimum absolute atomic E-state index is 0.240. The second-order valence-electron chi connectivity index (χ2n) is 3.51. The lowest BCUT2D eigenvalue weighted by atomic mass is 10.2. The fourth-order valence-electron chi connectivity index (χ4n) is 0.579. The van der Waals surface area contributed by atoms with E-state index >= 15 is 0 Å². The van der Waals surface area contributed by atoms with Crippen molar-refractivity contribution in [2.45, 2.75) is 39.7 Å². The Morgan fingerprint density at radius 3 is 2.25 bits per heavy atom. The lowest BCUT2D eigenvalue weighted by Crippen LogP contribution is -2.18. The smallest absolute Gasteiger partial charge is 0.302 e. The van der Waals surface area contributed by atoms with Crippen molar-refractivity contribution in [3.8, 4) is 0 Å². The SMILES string of the molecule is CCCOP(=O)(O)OC(C)(C)C. The van der Waals surface area contributed by atoms with Crippen LogP contribution in [0.25, 0.3) is 0 Å². The lowest BCUT2D eigenvalue weighted by molar-refractivity contribution is 0.0618. The molecule has 0 heterocycles. The van der Waals surface area contributed by atoms with Crippen molar-refractivity contribution < 1.29 is 18.5 Å². The summed E-state index contributed by atoms with van der Waals surface area (Å²) < 4.78 is 20.6. The lowest BCUT2D eigenvalue weighted by Gasteiger charge is -2.22. The Bertz CT molecular complexity index is 173. The molecule has 0 aromatic carbocycles. The van der Waals surface area contributed by atoms with Crippen LogP contribution in [0.15, 0.2) is 0 Å². The van der Waals surface area contributed by atoms with Crippen molar-refractivity contribution in [1.29, 1.82) is 0 Å². The van der Waals surface area contributed by atoms with Crippen molar-refractivity contribution in [3.63, 3.8) is 0 Å². The van der Waals surface area contributed by atoms with Crippen LogP contribution < -0.4 is 0 Å². The first kappa shape index (κ1) is 12.1. The summed E-state index contributed by atoms with van der Waals surface area (Å²) >= 11 is 0. The highest BCUT2D eigenvalue weighted by molar-refractivity contribution is 7.47. The van der Waals surface area contributed by atoms with E-state index in [1.807, 2.05) is 6.92 Å². The van der Waals surface area contributed by atoms with E-state index in [2.05, 4.69) is 4.52 Å². The standard InChI is InChI=1S/C7H17O4P/c1-5-6-10-12(8,9)11-7(2,3)4/h5-6H2,1-4H3,(H,8,9). The number of rotatable bonds is 4. The predicted octanol–water partition coefficient (Wildman–Crippen LogP) is 2.33. The minimum atomic E-state index is -3.83. The van der Waals surface area contributed by atoms with Gasteiger partial charge in [0, 0.05) is 0 Å². The first-order valence-corrected chi connectivity index (χ1v) is 5.44. The molecule has 0 aromatic heterocycles. The highest BCUT2D eigenvalue weighted by Crippen LogP contribution is 2.46. The van der Waals surface area contributed by atoms with Gasteiger partial charge in [0.15, 0.2) is 0 Å². The molecule has 0 aliphatic rings. The van der Waals surface area contributed by atoms with Gasteiger partial charge in [-0.15, -0.1) is 0 Å². The molecule has 0 aliphatic carbocycles. The summed E-state index contributed by atoms with van der Waals surface area (Å²) in [6.45, 7) is 7.20. The van der Waals surface area contributed by atoms with Gasteiger partial charge in [-0.3, -0.25) is 9.05 Å². The maximum atomic E-state index is 11.1. The average molecular weight is 196 g/mol. The molecule has 12 heavy (non-hydrogen) atoms. The van der Waals surface area contributed by atoms with Crippen LogP contribution in [0.5, 0.6) is 0 Å². The minimum Gasteiger partial charge on any atom is -0.302 e. The zero-order valence-corrected chi connectivity index (χ0v) is 8.93. The van der Waals surface area contributed by atoms with Crippen LogP contribution in [0.1, 0.15) is 34.1 Å². The molecular formula is C7H17O4P. The summed E-state index contributed by atoms with van der Waals surface area (Å²) in [6.07, 6.45) is 0.693. The van der Waals surface area contributed by atoms with Crippen LogP contribution in [-0.2, 0) is 13.6 Å². The molecule has 74 valence electrons. The molecule has 5 heteroatoms. The Morgan fingerprint density at radius 1 is 1.42 bits per heavy atom. The molecular weight excluding hydrogens is 179 g/mol. The number of phosphoric ester groups is 1. The second-order valence-corrected chi connectivity index (χ2v) is 4.88. The third-order valence-electron chi connectivity index (χ3n) is 0.848. The Kier molecular flexibility index (Phi) is 4.42. The zero-order chi connectivity index (χ0) is 9.83. The molecule has 0 saturated heterocycles. The molecule has 0 aromatic rings. The monoisotopic (exact) mass is 196 g/mol. The second kappa shape index (κ2) is 4.38. The largest absolute Gasteiger partial charge is 0.472 e. The van der Waals surface area contributed by atoms with E-state index in [0.717, 1.165) is 0 Å². The van der Waals surface area contributed by atoms with E-state index < -0.39 is 13.4 Å². The van der Waals surface area contributed by atoms with E-state index in [4.69, 9.17) is 9.42 Å². The molecule has 0 rings (SSSR count). The molecule has 4 nitrogen and oxygen atoms in total. The molecule has 0 fully saturated rings. The number of hydrogen-bond acceptors (Lipinski definition) is 3. The van der Waals surface area contributed by atoms with Crippen molar-refractivity contribution in [2.75, 3.05) is 6.61 Å². The van der Waals surface area contributed by atoms with Gasteiger partial charge in [-0.2, -0.15) is 0 Å². The Morgan fingerprint density at radius 2 is 1.92 bits per heavy atom. The van der Waals surface area contributed by atoms with Gasteiger partial charge in [-0.05, 0) is 27.2 Å². The van der Waals surface area contributed by atoms with Crippen LogP contribution in [0.3, 0.4) is 0 Å². The Balaban J connectivity index is 3.96. The zero-order valence-electron chi connectivity index (χ0n) is 8.03. The van der Waals surface area contributed by atoms with Crippen LogP contribution in [-0.4, -0.2) is 17.1 Å². The molecule has 0 aliphatic heterocycles. The van der Waals surface area contributed by atoms with E-state index in [0.29, 0.717) is 6.42 Å². The Hall–Kier alpha value is 0.110. The topological polar surface area (TPSA) is 55.8 Å². The first-order valence-electron chi connectivity index (χ1n) is 3.95. The summed E-state index contributed by atoms with van der Waals surface area (Å²) in [7, 11) is -3.83. The fraction of sp³-hybridized carbons (Fsp3) is 1.00. The third kappa shape index (κ3) is 6.80. The van der Waals surface area contributed by atoms with Crippen LogP contribution in [0.4, 0.5) is 0 Å². The number of phosphoric acid groups is 1. The summed E-state index contributed by atoms with van der Waals surface area (Å²) in [5.74, 6) is 0. The van der Waals surface area contributed by atoms with Crippen LogP contribution in [0, 0.1) is 0 Å². The van der Waals surface area contributed by atoms with Gasteiger partial charge in [-0.1, -0.05) is 6.92 Å². The first-order chi connectivity index (χ1) is 5.27. The molecule has 1 atom stereocenters. The molecule has 0 bridgehead atoms. The average Bonchev–Trinajstić information content (AvgIpc) is 1.78. The molecule has 0 amide bonds.